The van der Waals surface area contributed by atoms with E-state index in [4.69, 9.17) is 10.5 Å². The lowest BCUT2D eigenvalue weighted by Gasteiger charge is -2.43. The number of β-lactam (4-membered cyclic amide) rings is 1. The van der Waals surface area contributed by atoms with Gasteiger partial charge < -0.3 is 20.7 Å². The molecule has 0 bridgehead atoms. The van der Waals surface area contributed by atoms with Crippen LogP contribution in [0.3, 0.4) is 0 Å². The molecule has 2 heterocycles. The van der Waals surface area contributed by atoms with E-state index in [0.29, 0.717) is 11.4 Å². The van der Waals surface area contributed by atoms with Crippen molar-refractivity contribution in [3.63, 3.8) is 0 Å². The molecule has 0 aromatic heterocycles. The van der Waals surface area contributed by atoms with Gasteiger partial charge in [0.2, 0.25) is 5.91 Å². The van der Waals surface area contributed by atoms with Crippen LogP contribution in [0.5, 0.6) is 5.75 Å². The third-order valence-corrected chi connectivity index (χ3v) is 4.77. The number of ether oxygens (including phenoxy) is 1. The molecule has 116 valence electrons. The van der Waals surface area contributed by atoms with Crippen LogP contribution in [0.2, 0.25) is 0 Å². The van der Waals surface area contributed by atoms with Crippen molar-refractivity contribution in [3.8, 4) is 5.75 Å². The van der Waals surface area contributed by atoms with E-state index in [1.54, 1.807) is 24.3 Å². The Labute approximate surface area is 130 Å². The predicted molar refractivity (Wildman–Crippen MR) is 79.5 cm³/mol. The molecule has 3 rings (SSSR count). The zero-order valence-electron chi connectivity index (χ0n) is 11.6. The molecule has 0 radical (unpaired) electrons. The number of fused-ring (bicyclic) bond motifs is 1. The molecule has 22 heavy (non-hydrogen) atoms. The molecule has 4 N–H and O–H groups in total. The van der Waals surface area contributed by atoms with Crippen LogP contribution in [0, 0.1) is 5.92 Å². The number of carbonyl (C=O) groups excluding carboxylic acids is 1. The maximum atomic E-state index is 12.0. The van der Waals surface area contributed by atoms with Crippen molar-refractivity contribution in [3.05, 3.63) is 35.1 Å². The number of nitrogens with zero attached hydrogens (tertiary/aromatic N) is 1. The van der Waals surface area contributed by atoms with Gasteiger partial charge in [0.1, 0.15) is 11.1 Å². The van der Waals surface area contributed by atoms with Crippen molar-refractivity contribution in [2.24, 2.45) is 5.92 Å². The lowest BCUT2D eigenvalue weighted by atomic mass is 9.92. The molecule has 8 heteroatoms. The Kier molecular flexibility index (Phi) is 3.50. The Morgan fingerprint density at radius 2 is 2.23 bits per heavy atom. The second kappa shape index (κ2) is 5.22. The van der Waals surface area contributed by atoms with Gasteiger partial charge >= 0.3 is 5.97 Å². The Hall–Kier alpha value is -2.19. The van der Waals surface area contributed by atoms with Crippen LogP contribution in [0.25, 0.3) is 0 Å². The van der Waals surface area contributed by atoms with E-state index in [9.17, 15) is 19.8 Å². The Morgan fingerprint density at radius 3 is 2.82 bits per heavy atom. The average molecular weight is 322 g/mol. The zero-order chi connectivity index (χ0) is 16.0. The van der Waals surface area contributed by atoms with E-state index < -0.39 is 29.3 Å². The maximum Gasteiger partial charge on any atom is 0.357 e. The second-order valence-electron chi connectivity index (χ2n) is 5.10. The molecule has 0 saturated carbocycles. The normalized spacial score (nSPS) is 24.8. The van der Waals surface area contributed by atoms with Crippen molar-refractivity contribution >= 4 is 29.3 Å². The number of thioether (sulfide) groups is 1. The molecule has 1 aromatic carbocycles. The number of aliphatic hydroxyl groups excluding tert-OH is 1. The van der Waals surface area contributed by atoms with Crippen LogP contribution in [0.15, 0.2) is 35.1 Å². The minimum absolute atomic E-state index is 0.125. The molecule has 0 spiro atoms. The number of carbonyl (C=O) groups is 2. The number of anilines is 1. The number of hydrogen-bond acceptors (Lipinski definition) is 6. The quantitative estimate of drug-likeness (QED) is 0.555. The molecular weight excluding hydrogens is 308 g/mol. The zero-order valence-corrected chi connectivity index (χ0v) is 12.4. The minimum Gasteiger partial charge on any atom is -0.476 e. The number of hydrogen-bond donors (Lipinski definition) is 3. The molecule has 1 unspecified atom stereocenters. The number of carboxylic acid groups (broad SMARTS) is 1. The average Bonchev–Trinajstić information content (AvgIpc) is 2.73. The third kappa shape index (κ3) is 2.20. The summed E-state index contributed by atoms with van der Waals surface area (Å²) < 4.78 is 5.59. The number of benzene rings is 1. The van der Waals surface area contributed by atoms with Gasteiger partial charge in [0.25, 0.3) is 0 Å². The van der Waals surface area contributed by atoms with Gasteiger partial charge in [-0.25, -0.2) is 4.79 Å². The van der Waals surface area contributed by atoms with Crippen molar-refractivity contribution in [1.29, 1.82) is 0 Å². The van der Waals surface area contributed by atoms with Crippen LogP contribution >= 0.6 is 11.8 Å². The summed E-state index contributed by atoms with van der Waals surface area (Å²) in [6, 6.07) is 6.58. The first-order chi connectivity index (χ1) is 10.4. The summed E-state index contributed by atoms with van der Waals surface area (Å²) in [6.45, 7) is 1.51. The summed E-state index contributed by atoms with van der Waals surface area (Å²) in [4.78, 5) is 24.6. The first-order valence-electron chi connectivity index (χ1n) is 6.59. The summed E-state index contributed by atoms with van der Waals surface area (Å²) in [7, 11) is 0. The lowest BCUT2D eigenvalue weighted by molar-refractivity contribution is -0.156. The Balaban J connectivity index is 1.90. The fourth-order valence-electron chi connectivity index (χ4n) is 2.51. The fraction of sp³-hybridized carbons (Fsp3) is 0.286. The predicted octanol–water partition coefficient (Wildman–Crippen LogP) is 0.813. The molecule has 1 aromatic rings. The highest BCUT2D eigenvalue weighted by Gasteiger charge is 2.58. The van der Waals surface area contributed by atoms with Crippen LogP contribution < -0.4 is 10.5 Å². The van der Waals surface area contributed by atoms with Crippen LogP contribution in [0.4, 0.5) is 5.69 Å². The van der Waals surface area contributed by atoms with E-state index in [-0.39, 0.29) is 10.8 Å². The highest BCUT2D eigenvalue weighted by atomic mass is 32.2. The number of carboxylic acids is 1. The van der Waals surface area contributed by atoms with E-state index in [1.807, 2.05) is 0 Å². The smallest absolute Gasteiger partial charge is 0.357 e. The standard InChI is InChI=1S/C14H14N2O5S/c1-6(17)9-11(18)16-10(13(19)20)14(22-12(9)16)21-8-4-2-3-7(15)5-8/h2-6,9,12,17H,15H2,1H3,(H,19,20)/t6-,9+,12?/m1/s1. The molecular formula is C14H14N2O5S. The number of nitrogens with two attached hydrogens (primary N) is 1. The van der Waals surface area contributed by atoms with Crippen LogP contribution in [0.1, 0.15) is 6.92 Å². The Morgan fingerprint density at radius 1 is 1.50 bits per heavy atom. The number of aliphatic carboxylic acids is 1. The van der Waals surface area contributed by atoms with Crippen molar-refractivity contribution in [2.45, 2.75) is 18.4 Å². The summed E-state index contributed by atoms with van der Waals surface area (Å²) >= 11 is 1.12. The Bertz CT molecular complexity index is 688. The first kappa shape index (κ1) is 14.7. The van der Waals surface area contributed by atoms with Gasteiger partial charge in [-0.1, -0.05) is 17.8 Å². The monoisotopic (exact) mass is 322 g/mol. The molecule has 1 amide bonds. The van der Waals surface area contributed by atoms with Crippen molar-refractivity contribution < 1.29 is 24.5 Å². The minimum atomic E-state index is -1.24. The molecule has 0 aliphatic carbocycles. The summed E-state index contributed by atoms with van der Waals surface area (Å²) in [5, 5.41) is 18.7. The molecule has 2 aliphatic rings. The van der Waals surface area contributed by atoms with E-state index in [1.165, 1.54) is 6.92 Å². The van der Waals surface area contributed by atoms with Crippen LogP contribution in [-0.2, 0) is 9.59 Å². The molecule has 7 nitrogen and oxygen atoms in total. The number of amides is 1. The number of rotatable bonds is 4. The second-order valence-corrected chi connectivity index (χ2v) is 6.19. The fourth-order valence-corrected chi connectivity index (χ4v) is 3.97. The van der Waals surface area contributed by atoms with Crippen LogP contribution in [-0.4, -0.2) is 38.5 Å². The molecule has 1 fully saturated rings. The molecule has 3 atom stereocenters. The largest absolute Gasteiger partial charge is 0.476 e. The van der Waals surface area contributed by atoms with Gasteiger partial charge in [0.05, 0.1) is 12.0 Å². The van der Waals surface area contributed by atoms with Gasteiger partial charge in [-0.3, -0.25) is 9.69 Å². The van der Waals surface area contributed by atoms with Crippen molar-refractivity contribution in [1.82, 2.24) is 4.90 Å². The lowest BCUT2D eigenvalue weighted by Crippen LogP contribution is -2.60. The molecule has 2 aliphatic heterocycles. The van der Waals surface area contributed by atoms with E-state index in [0.717, 1.165) is 16.7 Å². The SMILES string of the molecule is C[C@@H](O)[C@H]1C(=O)N2C(C(=O)O)=C(Oc3cccc(N)c3)SC12. The highest BCUT2D eigenvalue weighted by Crippen LogP contribution is 2.50. The summed E-state index contributed by atoms with van der Waals surface area (Å²) in [5.74, 6) is -1.88. The maximum absolute atomic E-state index is 12.0. The summed E-state index contributed by atoms with van der Waals surface area (Å²) in [5.41, 5.74) is 5.95. The number of aliphatic hydroxyl groups is 1. The first-order valence-corrected chi connectivity index (χ1v) is 7.47. The summed E-state index contributed by atoms with van der Waals surface area (Å²) in [6.07, 6.45) is -0.844. The van der Waals surface area contributed by atoms with Gasteiger partial charge in [-0.05, 0) is 19.1 Å². The van der Waals surface area contributed by atoms with E-state index >= 15 is 0 Å². The van der Waals surface area contributed by atoms with Gasteiger partial charge in [0, 0.05) is 11.8 Å². The third-order valence-electron chi connectivity index (χ3n) is 3.54. The number of nitrogen functional groups attached to an aromatic ring is 1. The van der Waals surface area contributed by atoms with Gasteiger partial charge in [-0.15, -0.1) is 0 Å². The van der Waals surface area contributed by atoms with Gasteiger partial charge in [-0.2, -0.15) is 0 Å². The van der Waals surface area contributed by atoms with Crippen molar-refractivity contribution in [2.75, 3.05) is 5.73 Å². The van der Waals surface area contributed by atoms with Gasteiger partial charge in [0.15, 0.2) is 10.8 Å². The topological polar surface area (TPSA) is 113 Å². The molecule has 1 saturated heterocycles. The van der Waals surface area contributed by atoms with E-state index in [2.05, 4.69) is 0 Å². The highest BCUT2D eigenvalue weighted by molar-refractivity contribution is 8.03.